The summed E-state index contributed by atoms with van der Waals surface area (Å²) in [6.45, 7) is 0.504. The minimum Gasteiger partial charge on any atom is -0.325 e. The zero-order valence-electron chi connectivity index (χ0n) is 17.3. The number of carbonyl (C=O) groups excluding carboxylic acids is 2. The number of hydrogen-bond acceptors (Lipinski definition) is 4. The number of aliphatic imine (C=N–C) groups is 1. The van der Waals surface area contributed by atoms with Gasteiger partial charge in [-0.05, 0) is 42.3 Å². The van der Waals surface area contributed by atoms with Crippen LogP contribution in [0.1, 0.15) is 12.0 Å². The van der Waals surface area contributed by atoms with E-state index >= 15 is 0 Å². The van der Waals surface area contributed by atoms with Gasteiger partial charge in [-0.1, -0.05) is 78.0 Å². The molecule has 3 aromatic carbocycles. The van der Waals surface area contributed by atoms with Crippen LogP contribution in [0.25, 0.3) is 0 Å². The molecule has 4 rings (SSSR count). The van der Waals surface area contributed by atoms with Crippen LogP contribution in [0.2, 0.25) is 5.02 Å². The summed E-state index contributed by atoms with van der Waals surface area (Å²) in [6, 6.07) is 26.4. The molecule has 1 aliphatic heterocycles. The quantitative estimate of drug-likeness (QED) is 0.521. The lowest BCUT2D eigenvalue weighted by atomic mass is 10.1. The third-order valence-electron chi connectivity index (χ3n) is 4.97. The number of anilines is 1. The van der Waals surface area contributed by atoms with Crippen molar-refractivity contribution in [2.75, 3.05) is 11.9 Å². The number of amides is 2. The maximum absolute atomic E-state index is 13.1. The van der Waals surface area contributed by atoms with Crippen LogP contribution in [0.5, 0.6) is 0 Å². The van der Waals surface area contributed by atoms with E-state index in [0.717, 1.165) is 11.3 Å². The van der Waals surface area contributed by atoms with E-state index < -0.39 is 5.25 Å². The number of carbonyl (C=O) groups is 2. The van der Waals surface area contributed by atoms with Crippen molar-refractivity contribution in [2.24, 2.45) is 4.99 Å². The lowest BCUT2D eigenvalue weighted by Gasteiger charge is -2.32. The normalized spacial score (nSPS) is 17.4. The minimum absolute atomic E-state index is 0.111. The van der Waals surface area contributed by atoms with E-state index in [4.69, 9.17) is 16.6 Å². The van der Waals surface area contributed by atoms with Crippen molar-refractivity contribution in [2.45, 2.75) is 18.1 Å². The molecule has 0 spiro atoms. The molecule has 3 aromatic rings. The minimum atomic E-state index is -0.572. The molecule has 0 unspecified atom stereocenters. The zero-order valence-corrected chi connectivity index (χ0v) is 18.9. The smallest absolute Gasteiger partial charge is 0.238 e. The molecule has 162 valence electrons. The molecule has 1 saturated heterocycles. The number of thioether (sulfide) groups is 1. The lowest BCUT2D eigenvalue weighted by molar-refractivity contribution is -0.129. The van der Waals surface area contributed by atoms with Gasteiger partial charge in [-0.15, -0.1) is 0 Å². The van der Waals surface area contributed by atoms with Crippen LogP contribution in [-0.2, 0) is 16.0 Å². The number of benzene rings is 3. The first-order chi connectivity index (χ1) is 15.6. The molecule has 1 atom stereocenters. The van der Waals surface area contributed by atoms with Crippen molar-refractivity contribution in [3.63, 3.8) is 0 Å². The summed E-state index contributed by atoms with van der Waals surface area (Å²) in [7, 11) is 0. The molecule has 1 fully saturated rings. The zero-order chi connectivity index (χ0) is 22.3. The molecule has 0 bridgehead atoms. The monoisotopic (exact) mass is 463 g/mol. The van der Waals surface area contributed by atoms with E-state index in [1.54, 1.807) is 29.2 Å². The van der Waals surface area contributed by atoms with E-state index in [1.807, 2.05) is 60.7 Å². The SMILES string of the molecule is O=C(Nc1cccc(Cl)c1)[C@H]1CC(=O)N(CCc2ccccc2)C(=Nc2ccccc2)S1. The molecule has 2 amide bonds. The Morgan fingerprint density at radius 1 is 1.03 bits per heavy atom. The fourth-order valence-electron chi connectivity index (χ4n) is 3.35. The summed E-state index contributed by atoms with van der Waals surface area (Å²) >= 11 is 7.33. The topological polar surface area (TPSA) is 61.8 Å². The Balaban J connectivity index is 1.54. The van der Waals surface area contributed by atoms with Crippen LogP contribution >= 0.6 is 23.4 Å². The summed E-state index contributed by atoms with van der Waals surface area (Å²) in [6.07, 6.45) is 0.819. The Hall–Kier alpha value is -3.09. The van der Waals surface area contributed by atoms with Gasteiger partial charge in [0.1, 0.15) is 5.25 Å². The summed E-state index contributed by atoms with van der Waals surface area (Å²) in [5, 5.41) is 3.36. The Morgan fingerprint density at radius 2 is 1.75 bits per heavy atom. The highest BCUT2D eigenvalue weighted by Gasteiger charge is 2.35. The van der Waals surface area contributed by atoms with Crippen LogP contribution in [0.4, 0.5) is 11.4 Å². The van der Waals surface area contributed by atoms with Gasteiger partial charge in [0, 0.05) is 23.7 Å². The number of halogens is 1. The highest BCUT2D eigenvalue weighted by atomic mass is 35.5. The number of para-hydroxylation sites is 1. The van der Waals surface area contributed by atoms with Crippen molar-refractivity contribution in [3.8, 4) is 0 Å². The van der Waals surface area contributed by atoms with Gasteiger partial charge in [-0.2, -0.15) is 0 Å². The standard InChI is InChI=1S/C25H22ClN3O2S/c26-19-10-7-13-21(16-19)27-24(31)22-17-23(30)29(15-14-18-8-3-1-4-9-18)25(32-22)28-20-11-5-2-6-12-20/h1-13,16,22H,14-15,17H2,(H,27,31)/t22-/m1/s1. The van der Waals surface area contributed by atoms with Gasteiger partial charge >= 0.3 is 0 Å². The summed E-state index contributed by atoms with van der Waals surface area (Å²) in [4.78, 5) is 32.4. The molecule has 0 saturated carbocycles. The van der Waals surface area contributed by atoms with Gasteiger partial charge in [0.15, 0.2) is 5.17 Å². The Morgan fingerprint density at radius 3 is 2.47 bits per heavy atom. The summed E-state index contributed by atoms with van der Waals surface area (Å²) in [5.41, 5.74) is 2.48. The Bertz CT molecular complexity index is 1120. The Kier molecular flexibility index (Phi) is 7.24. The number of hydrogen-bond donors (Lipinski definition) is 1. The van der Waals surface area contributed by atoms with E-state index in [1.165, 1.54) is 11.8 Å². The van der Waals surface area contributed by atoms with Gasteiger partial charge in [-0.3, -0.25) is 14.5 Å². The first-order valence-corrected chi connectivity index (χ1v) is 11.6. The molecular weight excluding hydrogens is 442 g/mol. The maximum Gasteiger partial charge on any atom is 0.238 e. The fraction of sp³-hybridized carbons (Fsp3) is 0.160. The average Bonchev–Trinajstić information content (AvgIpc) is 2.80. The molecular formula is C25H22ClN3O2S. The van der Waals surface area contributed by atoms with Gasteiger partial charge in [0.25, 0.3) is 0 Å². The van der Waals surface area contributed by atoms with Crippen LogP contribution in [-0.4, -0.2) is 33.7 Å². The highest BCUT2D eigenvalue weighted by molar-refractivity contribution is 8.15. The molecule has 1 aliphatic rings. The molecule has 0 aliphatic carbocycles. The van der Waals surface area contributed by atoms with Gasteiger partial charge < -0.3 is 5.32 Å². The third kappa shape index (κ3) is 5.78. The highest BCUT2D eigenvalue weighted by Crippen LogP contribution is 2.30. The van der Waals surface area contributed by atoms with Crippen LogP contribution in [0.15, 0.2) is 89.9 Å². The molecule has 5 nitrogen and oxygen atoms in total. The van der Waals surface area contributed by atoms with E-state index in [0.29, 0.717) is 28.8 Å². The molecule has 1 heterocycles. The first-order valence-electron chi connectivity index (χ1n) is 10.3. The first kappa shape index (κ1) is 22.1. The third-order valence-corrected chi connectivity index (χ3v) is 6.39. The molecule has 0 radical (unpaired) electrons. The van der Waals surface area contributed by atoms with Crippen LogP contribution in [0, 0.1) is 0 Å². The fourth-order valence-corrected chi connectivity index (χ4v) is 4.66. The summed E-state index contributed by atoms with van der Waals surface area (Å²) < 4.78 is 0. The van der Waals surface area contributed by atoms with Gasteiger partial charge in [-0.25, -0.2) is 4.99 Å². The Labute approximate surface area is 196 Å². The second-order valence-electron chi connectivity index (χ2n) is 7.32. The van der Waals surface area contributed by atoms with Crippen LogP contribution < -0.4 is 5.32 Å². The van der Waals surface area contributed by atoms with Crippen molar-refractivity contribution in [3.05, 3.63) is 95.5 Å². The molecule has 32 heavy (non-hydrogen) atoms. The second-order valence-corrected chi connectivity index (χ2v) is 8.93. The van der Waals surface area contributed by atoms with Gasteiger partial charge in [0.2, 0.25) is 11.8 Å². The maximum atomic E-state index is 13.1. The van der Waals surface area contributed by atoms with E-state index in [9.17, 15) is 9.59 Å². The number of nitrogens with one attached hydrogen (secondary N) is 1. The predicted molar refractivity (Wildman–Crippen MR) is 131 cm³/mol. The van der Waals surface area contributed by atoms with Crippen LogP contribution in [0.3, 0.4) is 0 Å². The van der Waals surface area contributed by atoms with E-state index in [-0.39, 0.29) is 18.2 Å². The largest absolute Gasteiger partial charge is 0.325 e. The number of rotatable bonds is 6. The van der Waals surface area contributed by atoms with Gasteiger partial charge in [0.05, 0.1) is 5.69 Å². The predicted octanol–water partition coefficient (Wildman–Crippen LogP) is 5.54. The molecule has 7 heteroatoms. The number of amidine groups is 1. The number of nitrogens with zero attached hydrogens (tertiary/aromatic N) is 2. The van der Waals surface area contributed by atoms with Crippen molar-refractivity contribution < 1.29 is 9.59 Å². The molecule has 1 N–H and O–H groups in total. The van der Waals surface area contributed by atoms with Crippen molar-refractivity contribution in [1.82, 2.24) is 4.90 Å². The van der Waals surface area contributed by atoms with Crippen molar-refractivity contribution >= 4 is 51.7 Å². The average molecular weight is 464 g/mol. The van der Waals surface area contributed by atoms with Crippen molar-refractivity contribution in [1.29, 1.82) is 0 Å². The molecule has 0 aromatic heterocycles. The lowest BCUT2D eigenvalue weighted by Crippen LogP contribution is -2.46. The second kappa shape index (κ2) is 10.5. The van der Waals surface area contributed by atoms with E-state index in [2.05, 4.69) is 5.32 Å². The summed E-state index contributed by atoms with van der Waals surface area (Å²) in [5.74, 6) is -0.352.